The molecule has 0 spiro atoms. The van der Waals surface area contributed by atoms with Crippen molar-refractivity contribution in [3.05, 3.63) is 29.8 Å². The molecule has 1 atom stereocenters. The first-order valence-electron chi connectivity index (χ1n) is 6.11. The summed E-state index contributed by atoms with van der Waals surface area (Å²) in [5.41, 5.74) is 1.92. The fourth-order valence-electron chi connectivity index (χ4n) is 1.43. The summed E-state index contributed by atoms with van der Waals surface area (Å²) in [6.45, 7) is 4.66. The van der Waals surface area contributed by atoms with Crippen LogP contribution in [-0.4, -0.2) is 30.5 Å². The topological polar surface area (TPSA) is 65.3 Å². The van der Waals surface area contributed by atoms with E-state index in [1.807, 2.05) is 38.1 Å². The lowest BCUT2D eigenvalue weighted by atomic mass is 10.1. The maximum absolute atomic E-state index is 9.67. The van der Waals surface area contributed by atoms with Crippen LogP contribution in [0.2, 0.25) is 0 Å². The van der Waals surface area contributed by atoms with Crippen LogP contribution in [0.3, 0.4) is 0 Å². The maximum Gasteiger partial charge on any atom is 0.0945 e. The molecular weight excluding hydrogens is 228 g/mol. The van der Waals surface area contributed by atoms with Crippen LogP contribution in [-0.2, 0) is 11.2 Å². The van der Waals surface area contributed by atoms with E-state index >= 15 is 0 Å². The molecule has 4 heteroatoms. The molecule has 2 N–H and O–H groups in total. The lowest BCUT2D eigenvalue weighted by molar-refractivity contribution is 0.0112. The fourth-order valence-corrected chi connectivity index (χ4v) is 1.43. The highest BCUT2D eigenvalue weighted by atomic mass is 16.5. The van der Waals surface area contributed by atoms with Gasteiger partial charge >= 0.3 is 0 Å². The van der Waals surface area contributed by atoms with Crippen LogP contribution in [0.1, 0.15) is 19.4 Å². The maximum atomic E-state index is 9.67. The SMILES string of the molecule is CC(C)OCC(O)CNc1ccc(CC#N)cc1. The Hall–Kier alpha value is -1.57. The molecule has 1 aromatic carbocycles. The van der Waals surface area contributed by atoms with Crippen molar-refractivity contribution in [1.29, 1.82) is 5.26 Å². The first-order chi connectivity index (χ1) is 8.61. The van der Waals surface area contributed by atoms with Crippen molar-refractivity contribution in [2.24, 2.45) is 0 Å². The van der Waals surface area contributed by atoms with E-state index < -0.39 is 6.10 Å². The number of aliphatic hydroxyl groups is 1. The first-order valence-corrected chi connectivity index (χ1v) is 6.11. The molecule has 0 radical (unpaired) electrons. The molecule has 0 saturated carbocycles. The summed E-state index contributed by atoms with van der Waals surface area (Å²) in [6, 6.07) is 9.73. The largest absolute Gasteiger partial charge is 0.389 e. The molecule has 0 fully saturated rings. The monoisotopic (exact) mass is 248 g/mol. The average Bonchev–Trinajstić information content (AvgIpc) is 2.36. The molecule has 0 aromatic heterocycles. The highest BCUT2D eigenvalue weighted by Gasteiger charge is 2.05. The molecule has 0 aliphatic carbocycles. The summed E-state index contributed by atoms with van der Waals surface area (Å²) in [5, 5.41) is 21.3. The molecular formula is C14H20N2O2. The highest BCUT2D eigenvalue weighted by Crippen LogP contribution is 2.09. The van der Waals surface area contributed by atoms with E-state index in [4.69, 9.17) is 10.00 Å². The number of hydrogen-bond acceptors (Lipinski definition) is 4. The van der Waals surface area contributed by atoms with Crippen molar-refractivity contribution in [3.8, 4) is 6.07 Å². The molecule has 0 bridgehead atoms. The minimum absolute atomic E-state index is 0.130. The van der Waals surface area contributed by atoms with Crippen molar-refractivity contribution in [2.75, 3.05) is 18.5 Å². The number of nitrogens with zero attached hydrogens (tertiary/aromatic N) is 1. The second-order valence-corrected chi connectivity index (χ2v) is 4.45. The third-order valence-corrected chi connectivity index (χ3v) is 2.40. The average molecular weight is 248 g/mol. The van der Waals surface area contributed by atoms with Gasteiger partial charge < -0.3 is 15.2 Å². The fraction of sp³-hybridized carbons (Fsp3) is 0.500. The zero-order valence-corrected chi connectivity index (χ0v) is 10.9. The normalized spacial score (nSPS) is 12.2. The summed E-state index contributed by atoms with van der Waals surface area (Å²) in [7, 11) is 0. The Balaban J connectivity index is 2.32. The van der Waals surface area contributed by atoms with Gasteiger partial charge in [0.15, 0.2) is 0 Å². The zero-order valence-electron chi connectivity index (χ0n) is 10.9. The van der Waals surface area contributed by atoms with Crippen molar-refractivity contribution in [3.63, 3.8) is 0 Å². The molecule has 1 aromatic rings. The van der Waals surface area contributed by atoms with Gasteiger partial charge in [0.05, 0.1) is 31.3 Å². The number of rotatable bonds is 7. The van der Waals surface area contributed by atoms with E-state index in [0.717, 1.165) is 11.3 Å². The number of benzene rings is 1. The van der Waals surface area contributed by atoms with E-state index in [1.165, 1.54) is 0 Å². The Kier molecular flexibility index (Phi) is 6.20. The number of hydrogen-bond donors (Lipinski definition) is 2. The Labute approximate surface area is 108 Å². The van der Waals surface area contributed by atoms with E-state index in [2.05, 4.69) is 11.4 Å². The lowest BCUT2D eigenvalue weighted by Gasteiger charge is -2.15. The number of nitriles is 1. The Bertz CT molecular complexity index is 382. The number of nitrogens with one attached hydrogen (secondary N) is 1. The van der Waals surface area contributed by atoms with Gasteiger partial charge in [0, 0.05) is 12.2 Å². The number of aliphatic hydroxyl groups excluding tert-OH is 1. The highest BCUT2D eigenvalue weighted by molar-refractivity contribution is 5.45. The van der Waals surface area contributed by atoms with Crippen LogP contribution in [0.5, 0.6) is 0 Å². The van der Waals surface area contributed by atoms with Gasteiger partial charge in [0.2, 0.25) is 0 Å². The van der Waals surface area contributed by atoms with Gasteiger partial charge in [-0.15, -0.1) is 0 Å². The lowest BCUT2D eigenvalue weighted by Crippen LogP contribution is -2.26. The van der Waals surface area contributed by atoms with Gasteiger partial charge in [-0.1, -0.05) is 12.1 Å². The zero-order chi connectivity index (χ0) is 13.4. The van der Waals surface area contributed by atoms with Gasteiger partial charge in [-0.25, -0.2) is 0 Å². The van der Waals surface area contributed by atoms with Gasteiger partial charge in [-0.3, -0.25) is 0 Å². The van der Waals surface area contributed by atoms with Crippen LogP contribution in [0.4, 0.5) is 5.69 Å². The third kappa shape index (κ3) is 5.67. The van der Waals surface area contributed by atoms with Crippen LogP contribution in [0.15, 0.2) is 24.3 Å². The van der Waals surface area contributed by atoms with Crippen LogP contribution in [0.25, 0.3) is 0 Å². The second kappa shape index (κ2) is 7.70. The summed E-state index contributed by atoms with van der Waals surface area (Å²) >= 11 is 0. The molecule has 4 nitrogen and oxygen atoms in total. The summed E-state index contributed by atoms with van der Waals surface area (Å²) in [4.78, 5) is 0. The summed E-state index contributed by atoms with van der Waals surface area (Å²) in [6.07, 6.45) is 0.0293. The molecule has 98 valence electrons. The van der Waals surface area contributed by atoms with E-state index in [0.29, 0.717) is 19.6 Å². The molecule has 1 rings (SSSR count). The minimum atomic E-state index is -0.522. The standard InChI is InChI=1S/C14H20N2O2/c1-11(2)18-10-14(17)9-16-13-5-3-12(4-6-13)7-8-15/h3-6,11,14,16-17H,7,9-10H2,1-2H3. The van der Waals surface area contributed by atoms with Gasteiger partial charge in [0.1, 0.15) is 0 Å². The second-order valence-electron chi connectivity index (χ2n) is 4.45. The van der Waals surface area contributed by atoms with Crippen molar-refractivity contribution in [1.82, 2.24) is 0 Å². The van der Waals surface area contributed by atoms with E-state index in [1.54, 1.807) is 0 Å². The van der Waals surface area contributed by atoms with Crippen LogP contribution < -0.4 is 5.32 Å². The number of ether oxygens (including phenoxy) is 1. The molecule has 0 amide bonds. The minimum Gasteiger partial charge on any atom is -0.389 e. The van der Waals surface area contributed by atoms with Gasteiger partial charge in [-0.05, 0) is 31.5 Å². The molecule has 0 aliphatic rings. The predicted octanol–water partition coefficient (Wildman–Crippen LogP) is 1.95. The third-order valence-electron chi connectivity index (χ3n) is 2.40. The predicted molar refractivity (Wildman–Crippen MR) is 71.3 cm³/mol. The molecule has 0 aliphatic heterocycles. The Morgan fingerprint density at radius 1 is 1.33 bits per heavy atom. The molecule has 0 saturated heterocycles. The Morgan fingerprint density at radius 2 is 2.00 bits per heavy atom. The summed E-state index contributed by atoms with van der Waals surface area (Å²) < 4.78 is 5.32. The van der Waals surface area contributed by atoms with E-state index in [-0.39, 0.29) is 6.10 Å². The molecule has 0 heterocycles. The van der Waals surface area contributed by atoms with Gasteiger partial charge in [-0.2, -0.15) is 5.26 Å². The van der Waals surface area contributed by atoms with Crippen molar-refractivity contribution >= 4 is 5.69 Å². The quantitative estimate of drug-likeness (QED) is 0.774. The molecule has 1 unspecified atom stereocenters. The Morgan fingerprint density at radius 3 is 2.56 bits per heavy atom. The summed E-state index contributed by atoms with van der Waals surface area (Å²) in [5.74, 6) is 0. The number of anilines is 1. The van der Waals surface area contributed by atoms with Crippen molar-refractivity contribution in [2.45, 2.75) is 32.5 Å². The van der Waals surface area contributed by atoms with Gasteiger partial charge in [0.25, 0.3) is 0 Å². The van der Waals surface area contributed by atoms with Crippen LogP contribution >= 0.6 is 0 Å². The smallest absolute Gasteiger partial charge is 0.0945 e. The van der Waals surface area contributed by atoms with Crippen LogP contribution in [0, 0.1) is 11.3 Å². The molecule has 18 heavy (non-hydrogen) atoms. The van der Waals surface area contributed by atoms with E-state index in [9.17, 15) is 5.11 Å². The van der Waals surface area contributed by atoms with Crippen molar-refractivity contribution < 1.29 is 9.84 Å². The first kappa shape index (κ1) is 14.5.